The summed E-state index contributed by atoms with van der Waals surface area (Å²) < 4.78 is 55.9. The van der Waals surface area contributed by atoms with Gasteiger partial charge in [-0.1, -0.05) is 0 Å². The van der Waals surface area contributed by atoms with Crippen molar-refractivity contribution in [2.75, 3.05) is 6.54 Å². The second-order valence-corrected chi connectivity index (χ2v) is 8.09. The molecule has 3 heterocycles. The molecule has 0 radical (unpaired) electrons. The summed E-state index contributed by atoms with van der Waals surface area (Å²) in [5.74, 6) is -1.24. The number of nitrogens with zero attached hydrogens (tertiary/aromatic N) is 5. The lowest BCUT2D eigenvalue weighted by Crippen LogP contribution is -2.45. The molecule has 7 nitrogen and oxygen atoms in total. The number of alkyl halides is 3. The molecular weight excluding hydrogens is 466 g/mol. The zero-order chi connectivity index (χ0) is 23.4. The first-order chi connectivity index (χ1) is 14.9. The van der Waals surface area contributed by atoms with Gasteiger partial charge in [-0.05, 0) is 44.2 Å². The first kappa shape index (κ1) is 24.7. The largest absolute Gasteiger partial charge is 0.424 e. The number of rotatable bonds is 3. The second-order valence-electron chi connectivity index (χ2n) is 8.09. The Kier molecular flexibility index (Phi) is 6.33. The average molecular weight is 488 g/mol. The van der Waals surface area contributed by atoms with Crippen molar-refractivity contribution in [2.24, 2.45) is 7.05 Å². The van der Waals surface area contributed by atoms with E-state index in [9.17, 15) is 27.5 Å². The molecule has 4 rings (SSSR count). The molecule has 1 aliphatic rings. The maximum atomic E-state index is 13.3. The third-order valence-electron chi connectivity index (χ3n) is 5.67. The number of imidazole rings is 1. The normalized spacial score (nSPS) is 17.8. The molecule has 12 heteroatoms. The standard InChI is InChI=1S/C21H21F4N5O2.ClH/c1-12-10-29(11-15-9-26-19(30(12)15)20(2,32)21(23,24)25)18(31)17-8-16(27-28(17)3)13-4-6-14(22)7-5-13;/h4-9,12,32H,10-11H2,1-3H3;1H. The first-order valence-corrected chi connectivity index (χ1v) is 9.85. The predicted octanol–water partition coefficient (Wildman–Crippen LogP) is 3.83. The molecule has 2 unspecified atom stereocenters. The maximum absolute atomic E-state index is 13.3. The lowest BCUT2D eigenvalue weighted by atomic mass is 10.0. The Bertz CT molecular complexity index is 1170. The summed E-state index contributed by atoms with van der Waals surface area (Å²) in [5, 5.41) is 14.4. The first-order valence-electron chi connectivity index (χ1n) is 9.85. The fourth-order valence-corrected chi connectivity index (χ4v) is 3.90. The summed E-state index contributed by atoms with van der Waals surface area (Å²) in [5.41, 5.74) is -1.30. The van der Waals surface area contributed by atoms with Gasteiger partial charge in [-0.15, -0.1) is 12.4 Å². The molecule has 33 heavy (non-hydrogen) atoms. The van der Waals surface area contributed by atoms with E-state index in [1.165, 1.54) is 32.5 Å². The van der Waals surface area contributed by atoms with Crippen molar-refractivity contribution in [3.63, 3.8) is 0 Å². The Morgan fingerprint density at radius 1 is 1.21 bits per heavy atom. The van der Waals surface area contributed by atoms with Crippen LogP contribution in [0.15, 0.2) is 36.5 Å². The molecule has 0 bridgehead atoms. The molecule has 0 saturated heterocycles. The van der Waals surface area contributed by atoms with Crippen molar-refractivity contribution in [1.82, 2.24) is 24.2 Å². The molecule has 1 amide bonds. The van der Waals surface area contributed by atoms with Crippen LogP contribution in [0.25, 0.3) is 11.3 Å². The Morgan fingerprint density at radius 2 is 1.85 bits per heavy atom. The monoisotopic (exact) mass is 487 g/mol. The Labute approximate surface area is 193 Å². The molecule has 0 fully saturated rings. The predicted molar refractivity (Wildman–Crippen MR) is 113 cm³/mol. The van der Waals surface area contributed by atoms with Crippen LogP contribution >= 0.6 is 12.4 Å². The van der Waals surface area contributed by atoms with Gasteiger partial charge in [0.25, 0.3) is 5.91 Å². The summed E-state index contributed by atoms with van der Waals surface area (Å²) in [6.07, 6.45) is -3.65. The highest BCUT2D eigenvalue weighted by molar-refractivity contribution is 5.93. The number of amides is 1. The van der Waals surface area contributed by atoms with Gasteiger partial charge in [0, 0.05) is 19.2 Å². The molecule has 3 aromatic rings. The zero-order valence-electron chi connectivity index (χ0n) is 18.0. The number of aryl methyl sites for hydroxylation is 1. The highest BCUT2D eigenvalue weighted by atomic mass is 35.5. The average Bonchev–Trinajstić information content (AvgIpc) is 3.31. The number of carbonyl (C=O) groups is 1. The molecule has 0 spiro atoms. The summed E-state index contributed by atoms with van der Waals surface area (Å²) in [6, 6.07) is 6.76. The van der Waals surface area contributed by atoms with Gasteiger partial charge in [0.05, 0.1) is 30.2 Å². The van der Waals surface area contributed by atoms with E-state index >= 15 is 0 Å². The van der Waals surface area contributed by atoms with Crippen LogP contribution in [0.2, 0.25) is 0 Å². The van der Waals surface area contributed by atoms with Gasteiger partial charge >= 0.3 is 6.18 Å². The molecule has 0 aliphatic carbocycles. The molecule has 0 saturated carbocycles. The third kappa shape index (κ3) is 4.22. The van der Waals surface area contributed by atoms with Crippen LogP contribution < -0.4 is 0 Å². The van der Waals surface area contributed by atoms with E-state index in [0.29, 0.717) is 23.9 Å². The Balaban J connectivity index is 0.00000306. The molecule has 2 atom stereocenters. The Morgan fingerprint density at radius 3 is 2.45 bits per heavy atom. The van der Waals surface area contributed by atoms with Crippen molar-refractivity contribution < 1.29 is 27.5 Å². The lowest BCUT2D eigenvalue weighted by Gasteiger charge is -2.36. The topological polar surface area (TPSA) is 76.2 Å². The summed E-state index contributed by atoms with van der Waals surface area (Å²) in [6.45, 7) is 2.48. The molecule has 1 aromatic carbocycles. The van der Waals surface area contributed by atoms with Crippen molar-refractivity contribution >= 4 is 18.3 Å². The fraction of sp³-hybridized carbons (Fsp3) is 0.381. The number of hydrogen-bond acceptors (Lipinski definition) is 4. The molecular formula is C21H22ClF4N5O2. The smallest absolute Gasteiger partial charge is 0.374 e. The van der Waals surface area contributed by atoms with Gasteiger partial charge in [-0.25, -0.2) is 9.37 Å². The number of aliphatic hydroxyl groups is 1. The summed E-state index contributed by atoms with van der Waals surface area (Å²) in [4.78, 5) is 18.5. The fourth-order valence-electron chi connectivity index (χ4n) is 3.90. The highest BCUT2D eigenvalue weighted by Crippen LogP contribution is 2.40. The van der Waals surface area contributed by atoms with Crippen LogP contribution in [-0.2, 0) is 19.2 Å². The van der Waals surface area contributed by atoms with Crippen LogP contribution in [0.1, 0.15) is 41.9 Å². The van der Waals surface area contributed by atoms with Crippen LogP contribution in [0.5, 0.6) is 0 Å². The maximum Gasteiger partial charge on any atom is 0.424 e. The van der Waals surface area contributed by atoms with E-state index in [0.717, 1.165) is 0 Å². The van der Waals surface area contributed by atoms with Gasteiger partial charge in [0.15, 0.2) is 5.82 Å². The van der Waals surface area contributed by atoms with Crippen molar-refractivity contribution in [1.29, 1.82) is 0 Å². The minimum absolute atomic E-state index is 0. The molecule has 2 aromatic heterocycles. The Hall–Kier alpha value is -2.92. The SMILES string of the molecule is CC1CN(C(=O)c2cc(-c3ccc(F)cc3)nn2C)Cc2cnc(C(C)(O)C(F)(F)F)n21.Cl. The van der Waals surface area contributed by atoms with Crippen LogP contribution in [0, 0.1) is 5.82 Å². The van der Waals surface area contributed by atoms with E-state index in [-0.39, 0.29) is 42.9 Å². The van der Waals surface area contributed by atoms with Crippen molar-refractivity contribution in [3.8, 4) is 11.3 Å². The molecule has 1 N–H and O–H groups in total. The minimum atomic E-state index is -4.90. The third-order valence-corrected chi connectivity index (χ3v) is 5.67. The number of carbonyl (C=O) groups excluding carboxylic acids is 1. The molecule has 178 valence electrons. The molecule has 1 aliphatic heterocycles. The quantitative estimate of drug-likeness (QED) is 0.570. The number of hydrogen-bond donors (Lipinski definition) is 1. The van der Waals surface area contributed by atoms with Gasteiger partial charge in [0.1, 0.15) is 11.5 Å². The number of fused-ring (bicyclic) bond motifs is 1. The number of benzene rings is 1. The van der Waals surface area contributed by atoms with E-state index in [1.807, 2.05) is 0 Å². The second kappa shape index (κ2) is 8.45. The van der Waals surface area contributed by atoms with Gasteiger partial charge in [0.2, 0.25) is 5.60 Å². The number of aromatic nitrogens is 4. The van der Waals surface area contributed by atoms with Crippen molar-refractivity contribution in [2.45, 2.75) is 38.2 Å². The zero-order valence-corrected chi connectivity index (χ0v) is 18.8. The number of halogens is 5. The van der Waals surface area contributed by atoms with Gasteiger partial charge in [-0.2, -0.15) is 18.3 Å². The summed E-state index contributed by atoms with van der Waals surface area (Å²) in [7, 11) is 1.61. The minimum Gasteiger partial charge on any atom is -0.374 e. The van der Waals surface area contributed by atoms with Crippen molar-refractivity contribution in [3.05, 3.63) is 59.6 Å². The van der Waals surface area contributed by atoms with E-state index in [4.69, 9.17) is 0 Å². The van der Waals surface area contributed by atoms with Gasteiger partial charge in [-0.3, -0.25) is 9.48 Å². The highest BCUT2D eigenvalue weighted by Gasteiger charge is 2.55. The van der Waals surface area contributed by atoms with E-state index in [2.05, 4.69) is 10.1 Å². The lowest BCUT2D eigenvalue weighted by molar-refractivity contribution is -0.263. The van der Waals surface area contributed by atoms with Gasteiger partial charge < -0.3 is 14.6 Å². The van der Waals surface area contributed by atoms with Crippen LogP contribution in [-0.4, -0.2) is 48.0 Å². The summed E-state index contributed by atoms with van der Waals surface area (Å²) >= 11 is 0. The van der Waals surface area contributed by atoms with E-state index < -0.39 is 23.6 Å². The van der Waals surface area contributed by atoms with Crippen LogP contribution in [0.4, 0.5) is 17.6 Å². The van der Waals surface area contributed by atoms with Crippen LogP contribution in [0.3, 0.4) is 0 Å². The van der Waals surface area contributed by atoms with E-state index in [1.54, 1.807) is 32.2 Å².